The van der Waals surface area contributed by atoms with Crippen LogP contribution in [0, 0.1) is 29.1 Å². The van der Waals surface area contributed by atoms with E-state index < -0.39 is 24.0 Å². The van der Waals surface area contributed by atoms with E-state index in [0.29, 0.717) is 31.0 Å². The minimum atomic E-state index is -1.10. The molecule has 1 aliphatic rings. The van der Waals surface area contributed by atoms with E-state index in [-0.39, 0.29) is 35.5 Å². The number of carboxylic acid groups (broad SMARTS) is 1. The fourth-order valence-corrected chi connectivity index (χ4v) is 3.82. The molecule has 3 N–H and O–H groups in total. The van der Waals surface area contributed by atoms with E-state index in [1.54, 1.807) is 27.7 Å². The van der Waals surface area contributed by atoms with Crippen LogP contribution in [0.2, 0.25) is 0 Å². The van der Waals surface area contributed by atoms with Crippen molar-refractivity contribution in [2.45, 2.75) is 92.7 Å². The van der Waals surface area contributed by atoms with Gasteiger partial charge in [-0.3, -0.25) is 14.4 Å². The lowest BCUT2D eigenvalue weighted by atomic mass is 9.88. The average molecular weight is 425 g/mol. The normalized spacial score (nSPS) is 20.6. The number of ketones is 1. The SMILES string of the molecule is CC(C)[C@H](NC(=O)[C@@H](NC(=O)CCCCC(=O)C1CC1C(C)(C)C)C(C)C)C(=O)O. The van der Waals surface area contributed by atoms with E-state index in [1.807, 2.05) is 0 Å². The Morgan fingerprint density at radius 2 is 1.43 bits per heavy atom. The molecule has 1 fully saturated rings. The van der Waals surface area contributed by atoms with Crippen molar-refractivity contribution in [1.82, 2.24) is 10.6 Å². The summed E-state index contributed by atoms with van der Waals surface area (Å²) in [6, 6.07) is -1.79. The Morgan fingerprint density at radius 3 is 1.87 bits per heavy atom. The Labute approximate surface area is 180 Å². The number of carbonyl (C=O) groups is 4. The van der Waals surface area contributed by atoms with Gasteiger partial charge in [-0.1, -0.05) is 48.5 Å². The smallest absolute Gasteiger partial charge is 0.326 e. The third kappa shape index (κ3) is 8.07. The lowest BCUT2D eigenvalue weighted by Crippen LogP contribution is -2.54. The Balaban J connectivity index is 2.42. The van der Waals surface area contributed by atoms with Gasteiger partial charge in [0, 0.05) is 18.8 Å². The first-order chi connectivity index (χ1) is 13.8. The van der Waals surface area contributed by atoms with Gasteiger partial charge in [-0.25, -0.2) is 4.79 Å². The summed E-state index contributed by atoms with van der Waals surface area (Å²) in [5, 5.41) is 14.5. The predicted molar refractivity (Wildman–Crippen MR) is 116 cm³/mol. The van der Waals surface area contributed by atoms with Gasteiger partial charge in [0.2, 0.25) is 11.8 Å². The summed E-state index contributed by atoms with van der Waals surface area (Å²) in [7, 11) is 0. The molecule has 0 bridgehead atoms. The van der Waals surface area contributed by atoms with Crippen LogP contribution in [0.15, 0.2) is 0 Å². The molecule has 1 saturated carbocycles. The van der Waals surface area contributed by atoms with Crippen LogP contribution in [0.3, 0.4) is 0 Å². The predicted octanol–water partition coefficient (Wildman–Crippen LogP) is 3.16. The fourth-order valence-electron chi connectivity index (χ4n) is 3.82. The number of carbonyl (C=O) groups excluding carboxylic acids is 3. The van der Waals surface area contributed by atoms with E-state index in [9.17, 15) is 24.3 Å². The fraction of sp³-hybridized carbons (Fsp3) is 0.826. The molecule has 0 saturated heterocycles. The highest BCUT2D eigenvalue weighted by Crippen LogP contribution is 2.51. The van der Waals surface area contributed by atoms with Gasteiger partial charge in [-0.05, 0) is 42.4 Å². The second kappa shape index (κ2) is 10.9. The minimum absolute atomic E-state index is 0.169. The summed E-state index contributed by atoms with van der Waals surface area (Å²) in [4.78, 5) is 48.4. The number of Topliss-reactive ketones (excluding diaryl/α,β-unsaturated/α-hetero) is 1. The van der Waals surface area contributed by atoms with E-state index in [0.717, 1.165) is 6.42 Å². The van der Waals surface area contributed by atoms with Gasteiger partial charge in [0.25, 0.3) is 0 Å². The molecule has 172 valence electrons. The zero-order valence-electron chi connectivity index (χ0n) is 19.6. The maximum atomic E-state index is 12.5. The number of aliphatic carboxylic acids is 1. The topological polar surface area (TPSA) is 113 Å². The molecule has 7 nitrogen and oxygen atoms in total. The number of nitrogens with one attached hydrogen (secondary N) is 2. The van der Waals surface area contributed by atoms with Gasteiger partial charge in [0.1, 0.15) is 17.9 Å². The molecule has 7 heteroatoms. The maximum Gasteiger partial charge on any atom is 0.326 e. The summed E-state index contributed by atoms with van der Waals surface area (Å²) < 4.78 is 0. The zero-order chi connectivity index (χ0) is 23.2. The largest absolute Gasteiger partial charge is 0.480 e. The molecule has 1 rings (SSSR count). The van der Waals surface area contributed by atoms with E-state index in [4.69, 9.17) is 0 Å². The molecule has 2 amide bonds. The van der Waals surface area contributed by atoms with Gasteiger partial charge in [0.05, 0.1) is 0 Å². The Kier molecular flexibility index (Phi) is 9.50. The molecule has 30 heavy (non-hydrogen) atoms. The molecule has 1 aliphatic carbocycles. The standard InChI is InChI=1S/C23H40N2O5/c1-13(2)19(21(28)25-20(14(3)4)22(29)30)24-18(27)11-9-8-10-17(26)15-12-16(15)23(5,6)7/h13-16,19-20H,8-12H2,1-7H3,(H,24,27)(H,25,28)(H,29,30)/t15?,16?,19-,20-/m0/s1. The molecule has 0 radical (unpaired) electrons. The van der Waals surface area contributed by atoms with Gasteiger partial charge in [-0.15, -0.1) is 0 Å². The highest BCUT2D eigenvalue weighted by atomic mass is 16.4. The second-order valence-corrected chi connectivity index (χ2v) is 10.3. The van der Waals surface area contributed by atoms with Crippen LogP contribution in [0.25, 0.3) is 0 Å². The second-order valence-electron chi connectivity index (χ2n) is 10.3. The monoisotopic (exact) mass is 424 g/mol. The molecule has 0 aromatic rings. The van der Waals surface area contributed by atoms with Crippen molar-refractivity contribution in [3.05, 3.63) is 0 Å². The molecule has 0 aromatic heterocycles. The number of hydrogen-bond acceptors (Lipinski definition) is 4. The van der Waals surface area contributed by atoms with Crippen LogP contribution in [0.5, 0.6) is 0 Å². The van der Waals surface area contributed by atoms with Gasteiger partial charge >= 0.3 is 5.97 Å². The first kappa shape index (κ1) is 26.1. The van der Waals surface area contributed by atoms with Crippen LogP contribution in [-0.4, -0.2) is 40.8 Å². The van der Waals surface area contributed by atoms with Crippen molar-refractivity contribution in [3.63, 3.8) is 0 Å². The first-order valence-corrected chi connectivity index (χ1v) is 11.1. The Hall–Kier alpha value is -1.92. The van der Waals surface area contributed by atoms with Crippen molar-refractivity contribution in [2.24, 2.45) is 29.1 Å². The van der Waals surface area contributed by atoms with Crippen molar-refractivity contribution in [1.29, 1.82) is 0 Å². The van der Waals surface area contributed by atoms with Gasteiger partial charge in [-0.2, -0.15) is 0 Å². The Bertz CT molecular complexity index is 636. The first-order valence-electron chi connectivity index (χ1n) is 11.1. The summed E-state index contributed by atoms with van der Waals surface area (Å²) in [5.74, 6) is -1.35. The molecule has 0 heterocycles. The third-order valence-corrected chi connectivity index (χ3v) is 5.89. The number of rotatable bonds is 12. The number of hydrogen-bond donors (Lipinski definition) is 3. The van der Waals surface area contributed by atoms with Crippen molar-refractivity contribution < 1.29 is 24.3 Å². The Morgan fingerprint density at radius 1 is 0.900 bits per heavy atom. The van der Waals surface area contributed by atoms with E-state index in [1.165, 1.54) is 0 Å². The molecule has 4 atom stereocenters. The van der Waals surface area contributed by atoms with Gasteiger partial charge < -0.3 is 15.7 Å². The molecule has 2 unspecified atom stereocenters. The summed E-state index contributed by atoms with van der Waals surface area (Å²) in [6.07, 6.45) is 2.95. The van der Waals surface area contributed by atoms with E-state index in [2.05, 4.69) is 31.4 Å². The van der Waals surface area contributed by atoms with Crippen LogP contribution >= 0.6 is 0 Å². The minimum Gasteiger partial charge on any atom is -0.480 e. The molecule has 0 aromatic carbocycles. The van der Waals surface area contributed by atoms with Crippen LogP contribution in [0.4, 0.5) is 0 Å². The molecule has 0 spiro atoms. The molecule has 0 aliphatic heterocycles. The third-order valence-electron chi connectivity index (χ3n) is 5.89. The summed E-state index contributed by atoms with van der Waals surface area (Å²) in [6.45, 7) is 13.5. The van der Waals surface area contributed by atoms with Crippen molar-refractivity contribution in [3.8, 4) is 0 Å². The number of unbranched alkanes of at least 4 members (excludes halogenated alkanes) is 1. The van der Waals surface area contributed by atoms with Crippen LogP contribution < -0.4 is 10.6 Å². The average Bonchev–Trinajstić information content (AvgIpc) is 3.41. The zero-order valence-corrected chi connectivity index (χ0v) is 19.6. The molecular formula is C23H40N2O5. The maximum absolute atomic E-state index is 12.5. The highest BCUT2D eigenvalue weighted by Gasteiger charge is 2.48. The van der Waals surface area contributed by atoms with Crippen LogP contribution in [-0.2, 0) is 19.2 Å². The lowest BCUT2D eigenvalue weighted by Gasteiger charge is -2.25. The number of carboxylic acids is 1. The summed E-state index contributed by atoms with van der Waals surface area (Å²) in [5.41, 5.74) is 0.169. The van der Waals surface area contributed by atoms with Crippen molar-refractivity contribution >= 4 is 23.6 Å². The highest BCUT2D eigenvalue weighted by molar-refractivity contribution is 5.90. The van der Waals surface area contributed by atoms with E-state index >= 15 is 0 Å². The lowest BCUT2D eigenvalue weighted by molar-refractivity contribution is -0.143. The van der Waals surface area contributed by atoms with Gasteiger partial charge in [0.15, 0.2) is 0 Å². The quantitative estimate of drug-likeness (QED) is 0.417. The van der Waals surface area contributed by atoms with Crippen molar-refractivity contribution in [2.75, 3.05) is 0 Å². The number of amides is 2. The van der Waals surface area contributed by atoms with Crippen LogP contribution in [0.1, 0.15) is 80.6 Å². The molecular weight excluding hydrogens is 384 g/mol. The summed E-state index contributed by atoms with van der Waals surface area (Å²) >= 11 is 0.